The minimum Gasteiger partial charge on any atom is -0.494 e. The molecule has 4 aromatic rings. The molecule has 0 radical (unpaired) electrons. The smallest absolute Gasteiger partial charge is 0.119 e. The molecule has 0 N–H and O–H groups in total. The fourth-order valence-corrected chi connectivity index (χ4v) is 4.59. The second-order valence-electron chi connectivity index (χ2n) is 9.97. The van der Waals surface area contributed by atoms with Gasteiger partial charge in [-0.25, -0.2) is 0 Å². The van der Waals surface area contributed by atoms with E-state index in [1.165, 1.54) is 72.4 Å². The minimum absolute atomic E-state index is 0.773. The molecule has 0 aliphatic carbocycles. The van der Waals surface area contributed by atoms with Crippen LogP contribution in [-0.2, 0) is 6.42 Å². The number of rotatable bonds is 12. The number of ether oxygens (including phenoxy) is 1. The molecule has 0 unspecified atom stereocenters. The summed E-state index contributed by atoms with van der Waals surface area (Å²) in [6, 6.07) is 30.3. The zero-order chi connectivity index (χ0) is 25.7. The number of fused-ring (bicyclic) bond motifs is 1. The van der Waals surface area contributed by atoms with Crippen molar-refractivity contribution in [2.45, 2.75) is 71.6 Å². The Labute approximate surface area is 223 Å². The zero-order valence-electron chi connectivity index (χ0n) is 22.6. The minimum atomic E-state index is 0.773. The van der Waals surface area contributed by atoms with Gasteiger partial charge in [0.2, 0.25) is 0 Å². The maximum atomic E-state index is 5.84. The first kappa shape index (κ1) is 26.6. The Morgan fingerprint density at radius 1 is 0.541 bits per heavy atom. The maximum absolute atomic E-state index is 5.84. The highest BCUT2D eigenvalue weighted by Gasteiger charge is 2.01. The van der Waals surface area contributed by atoms with Crippen molar-refractivity contribution in [3.05, 3.63) is 102 Å². The lowest BCUT2D eigenvalue weighted by Crippen LogP contribution is -1.96. The molecule has 0 bridgehead atoms. The Kier molecular flexibility index (Phi) is 10.3. The quantitative estimate of drug-likeness (QED) is 0.142. The molecule has 1 nitrogen and oxygen atoms in total. The molecule has 0 aliphatic heterocycles. The van der Waals surface area contributed by atoms with Gasteiger partial charge in [-0.1, -0.05) is 113 Å². The second kappa shape index (κ2) is 14.3. The van der Waals surface area contributed by atoms with Gasteiger partial charge in [-0.05, 0) is 83.1 Å². The van der Waals surface area contributed by atoms with Crippen molar-refractivity contribution in [1.29, 1.82) is 0 Å². The highest BCUT2D eigenvalue weighted by atomic mass is 16.5. The Balaban J connectivity index is 1.33. The van der Waals surface area contributed by atoms with E-state index in [1.54, 1.807) is 0 Å². The molecule has 1 heteroatoms. The van der Waals surface area contributed by atoms with Crippen LogP contribution in [0.5, 0.6) is 5.75 Å². The summed E-state index contributed by atoms with van der Waals surface area (Å²) in [5.41, 5.74) is 6.00. The molecule has 0 saturated carbocycles. The Morgan fingerprint density at radius 3 is 1.89 bits per heavy atom. The van der Waals surface area contributed by atoms with Crippen molar-refractivity contribution >= 4 is 10.8 Å². The summed E-state index contributed by atoms with van der Waals surface area (Å²) in [5, 5.41) is 2.37. The van der Waals surface area contributed by atoms with Gasteiger partial charge in [0.1, 0.15) is 5.75 Å². The summed E-state index contributed by atoms with van der Waals surface area (Å²) in [5.74, 6) is 7.59. The van der Waals surface area contributed by atoms with E-state index in [4.69, 9.17) is 4.74 Å². The molecule has 190 valence electrons. The summed E-state index contributed by atoms with van der Waals surface area (Å²) in [4.78, 5) is 0. The highest BCUT2D eigenvalue weighted by molar-refractivity contribution is 5.85. The van der Waals surface area contributed by atoms with E-state index in [-0.39, 0.29) is 0 Å². The van der Waals surface area contributed by atoms with Gasteiger partial charge in [0, 0.05) is 11.1 Å². The maximum Gasteiger partial charge on any atom is 0.119 e. The lowest BCUT2D eigenvalue weighted by atomic mass is 10.00. The van der Waals surface area contributed by atoms with Crippen LogP contribution in [0.1, 0.15) is 81.9 Å². The monoisotopic (exact) mass is 488 g/mol. The number of aryl methyl sites for hydroxylation is 1. The lowest BCUT2D eigenvalue weighted by Gasteiger charge is -2.07. The van der Waals surface area contributed by atoms with Crippen molar-refractivity contribution in [3.8, 4) is 28.7 Å². The number of unbranched alkanes of at least 4 members (excludes halogenated alkanes) is 6. The first-order chi connectivity index (χ1) is 18.2. The van der Waals surface area contributed by atoms with E-state index >= 15 is 0 Å². The summed E-state index contributed by atoms with van der Waals surface area (Å²) in [7, 11) is 0. The average molecular weight is 489 g/mol. The Hall–Kier alpha value is -3.50. The number of benzene rings is 4. The molecular weight excluding hydrogens is 448 g/mol. The van der Waals surface area contributed by atoms with Crippen LogP contribution >= 0.6 is 0 Å². The van der Waals surface area contributed by atoms with Gasteiger partial charge < -0.3 is 4.74 Å². The van der Waals surface area contributed by atoms with Gasteiger partial charge in [-0.3, -0.25) is 0 Å². The van der Waals surface area contributed by atoms with Gasteiger partial charge in [-0.15, -0.1) is 0 Å². The van der Waals surface area contributed by atoms with Crippen LogP contribution in [0.3, 0.4) is 0 Å². The van der Waals surface area contributed by atoms with E-state index in [9.17, 15) is 0 Å². The molecule has 0 amide bonds. The molecule has 0 atom stereocenters. The molecule has 0 saturated heterocycles. The summed E-state index contributed by atoms with van der Waals surface area (Å²) in [6.07, 6.45) is 11.5. The van der Waals surface area contributed by atoms with Crippen LogP contribution in [0, 0.1) is 11.8 Å². The van der Waals surface area contributed by atoms with Crippen molar-refractivity contribution in [3.63, 3.8) is 0 Å². The molecule has 0 aromatic heterocycles. The molecule has 0 heterocycles. The second-order valence-corrected chi connectivity index (χ2v) is 9.97. The summed E-state index contributed by atoms with van der Waals surface area (Å²) < 4.78 is 5.84. The van der Waals surface area contributed by atoms with Crippen LogP contribution in [0.4, 0.5) is 0 Å². The molecular formula is C36H40O. The van der Waals surface area contributed by atoms with Gasteiger partial charge in [0.25, 0.3) is 0 Å². The van der Waals surface area contributed by atoms with Crippen LogP contribution in [0.15, 0.2) is 84.9 Å². The third-order valence-corrected chi connectivity index (χ3v) is 6.92. The van der Waals surface area contributed by atoms with E-state index in [2.05, 4.69) is 111 Å². The average Bonchev–Trinajstić information content (AvgIpc) is 2.94. The fourth-order valence-electron chi connectivity index (χ4n) is 4.59. The molecule has 4 rings (SSSR count). The van der Waals surface area contributed by atoms with Crippen LogP contribution in [-0.4, -0.2) is 6.61 Å². The largest absolute Gasteiger partial charge is 0.494 e. The normalized spacial score (nSPS) is 10.8. The van der Waals surface area contributed by atoms with E-state index in [0.717, 1.165) is 36.3 Å². The topological polar surface area (TPSA) is 9.23 Å². The standard InChI is InChI=1S/C36H40O/c1-3-5-7-8-9-10-11-29-14-19-32(20-15-29)33-21-16-30(17-22-33)12-13-31-18-23-35-28-36(37-26-6-4-2)25-24-34(35)27-31/h14-25,27-28H,3-11,26H2,1-2H3. The van der Waals surface area contributed by atoms with Gasteiger partial charge in [0.05, 0.1) is 6.61 Å². The first-order valence-corrected chi connectivity index (χ1v) is 14.1. The Bertz CT molecular complexity index is 1300. The van der Waals surface area contributed by atoms with E-state index < -0.39 is 0 Å². The first-order valence-electron chi connectivity index (χ1n) is 14.1. The van der Waals surface area contributed by atoms with Crippen LogP contribution in [0.2, 0.25) is 0 Å². The van der Waals surface area contributed by atoms with Crippen LogP contribution in [0.25, 0.3) is 21.9 Å². The zero-order valence-corrected chi connectivity index (χ0v) is 22.6. The predicted molar refractivity (Wildman–Crippen MR) is 159 cm³/mol. The number of hydrogen-bond acceptors (Lipinski definition) is 1. The van der Waals surface area contributed by atoms with Crippen molar-refractivity contribution < 1.29 is 4.74 Å². The molecule has 0 aliphatic rings. The van der Waals surface area contributed by atoms with Crippen molar-refractivity contribution in [2.24, 2.45) is 0 Å². The molecule has 0 spiro atoms. The molecule has 37 heavy (non-hydrogen) atoms. The molecule has 4 aromatic carbocycles. The van der Waals surface area contributed by atoms with Crippen LogP contribution < -0.4 is 4.74 Å². The van der Waals surface area contributed by atoms with Crippen molar-refractivity contribution in [1.82, 2.24) is 0 Å². The van der Waals surface area contributed by atoms with E-state index in [1.807, 2.05) is 0 Å². The lowest BCUT2D eigenvalue weighted by molar-refractivity contribution is 0.310. The molecule has 0 fully saturated rings. The Morgan fingerprint density at radius 2 is 1.14 bits per heavy atom. The van der Waals surface area contributed by atoms with E-state index in [0.29, 0.717) is 0 Å². The van der Waals surface area contributed by atoms with Crippen molar-refractivity contribution in [2.75, 3.05) is 6.61 Å². The summed E-state index contributed by atoms with van der Waals surface area (Å²) in [6.45, 7) is 5.22. The van der Waals surface area contributed by atoms with Gasteiger partial charge in [-0.2, -0.15) is 0 Å². The summed E-state index contributed by atoms with van der Waals surface area (Å²) >= 11 is 0. The third kappa shape index (κ3) is 8.26. The number of hydrogen-bond donors (Lipinski definition) is 0. The highest BCUT2D eigenvalue weighted by Crippen LogP contribution is 2.23. The fraction of sp³-hybridized carbons (Fsp3) is 0.333. The van der Waals surface area contributed by atoms with Gasteiger partial charge >= 0.3 is 0 Å². The van der Waals surface area contributed by atoms with Gasteiger partial charge in [0.15, 0.2) is 0 Å². The third-order valence-electron chi connectivity index (χ3n) is 6.92. The SMILES string of the molecule is CCCCCCCCc1ccc(-c2ccc(C#Cc3ccc4cc(OCCCC)ccc4c3)cc2)cc1. The predicted octanol–water partition coefficient (Wildman–Crippen LogP) is 9.99.